The van der Waals surface area contributed by atoms with Crippen molar-refractivity contribution in [2.24, 2.45) is 0 Å². The van der Waals surface area contributed by atoms with Crippen molar-refractivity contribution in [1.82, 2.24) is 9.61 Å². The molecular formula is C17H18Cl2FN3O2S. The third kappa shape index (κ3) is 3.68. The van der Waals surface area contributed by atoms with Gasteiger partial charge in [0.1, 0.15) is 5.15 Å². The molecule has 0 aliphatic rings. The summed E-state index contributed by atoms with van der Waals surface area (Å²) >= 11 is 13.7. The monoisotopic (exact) mass is 417 g/mol. The van der Waals surface area contributed by atoms with Gasteiger partial charge in [0.15, 0.2) is 5.15 Å². The van der Waals surface area contributed by atoms with E-state index in [1.54, 1.807) is 17.5 Å². The highest BCUT2D eigenvalue weighted by molar-refractivity contribution is 7.10. The molecular weight excluding hydrogens is 400 g/mol. The van der Waals surface area contributed by atoms with Crippen LogP contribution >= 0.6 is 34.5 Å². The molecule has 0 spiro atoms. The Balaban J connectivity index is 2.09. The van der Waals surface area contributed by atoms with E-state index in [2.05, 4.69) is 10.4 Å². The maximum Gasteiger partial charge on any atom is 0.282 e. The number of nitrogens with one attached hydrogen (secondary N) is 1. The number of hydrogen-bond donors (Lipinski definition) is 3. The number of alkyl halides is 1. The molecule has 3 heterocycles. The fourth-order valence-corrected chi connectivity index (χ4v) is 4.08. The Morgan fingerprint density at radius 1 is 1.42 bits per heavy atom. The number of aryl methyl sites for hydroxylation is 1. The van der Waals surface area contributed by atoms with Crippen molar-refractivity contribution < 1.29 is 14.6 Å². The number of aliphatic hydroxyl groups is 2. The van der Waals surface area contributed by atoms with Crippen LogP contribution in [0.2, 0.25) is 10.3 Å². The Kier molecular flexibility index (Phi) is 5.46. The van der Waals surface area contributed by atoms with Crippen LogP contribution in [-0.2, 0) is 12.3 Å². The van der Waals surface area contributed by atoms with Crippen LogP contribution in [0.4, 0.5) is 10.1 Å². The van der Waals surface area contributed by atoms with Gasteiger partial charge in [-0.2, -0.15) is 5.10 Å². The maximum absolute atomic E-state index is 13.3. The van der Waals surface area contributed by atoms with E-state index in [0.717, 1.165) is 11.1 Å². The molecule has 0 aliphatic carbocycles. The number of nitrogens with zero attached hydrogens (tertiary/aromatic N) is 2. The van der Waals surface area contributed by atoms with Crippen LogP contribution in [0.1, 0.15) is 29.3 Å². The summed E-state index contributed by atoms with van der Waals surface area (Å²) in [5.41, 5.74) is 2.46. The van der Waals surface area contributed by atoms with Crippen LogP contribution in [0.15, 0.2) is 23.6 Å². The zero-order valence-corrected chi connectivity index (χ0v) is 16.5. The Labute approximate surface area is 164 Å². The van der Waals surface area contributed by atoms with E-state index in [4.69, 9.17) is 23.2 Å². The number of aromatic nitrogens is 2. The molecule has 0 amide bonds. The molecule has 0 aliphatic heterocycles. The topological polar surface area (TPSA) is 69.8 Å². The fraction of sp³-hybridized carbons (Fsp3) is 0.353. The Hall–Kier alpha value is -1.38. The summed E-state index contributed by atoms with van der Waals surface area (Å²) in [5, 5.41) is 29.9. The standard InChI is InChI=1S/C17H18Cl2FN3O2S/c1-9(20)5-6-11-10(2)15-12(8-14(18)22-23(15)16(11)19)21-17(24,25)13-4-3-7-26-13/h3-4,7-9,21,24-25H,5-6H2,1-2H3. The lowest BCUT2D eigenvalue weighted by molar-refractivity contribution is -0.140. The molecule has 0 fully saturated rings. The number of anilines is 1. The minimum atomic E-state index is -2.28. The lowest BCUT2D eigenvalue weighted by Crippen LogP contribution is -2.34. The predicted octanol–water partition coefficient (Wildman–Crippen LogP) is 4.51. The second-order valence-corrected chi connectivity index (χ2v) is 7.82. The van der Waals surface area contributed by atoms with Crippen molar-refractivity contribution in [3.8, 4) is 0 Å². The molecule has 0 aromatic carbocycles. The normalized spacial score (nSPS) is 13.3. The Morgan fingerprint density at radius 2 is 2.15 bits per heavy atom. The first-order chi connectivity index (χ1) is 12.2. The molecule has 0 radical (unpaired) electrons. The van der Waals surface area contributed by atoms with Crippen molar-refractivity contribution in [3.63, 3.8) is 0 Å². The third-order valence-electron chi connectivity index (χ3n) is 4.13. The molecule has 3 N–H and O–H groups in total. The average Bonchev–Trinajstić information content (AvgIpc) is 3.15. The highest BCUT2D eigenvalue weighted by Crippen LogP contribution is 2.36. The molecule has 3 rings (SSSR count). The van der Waals surface area contributed by atoms with E-state index >= 15 is 0 Å². The van der Waals surface area contributed by atoms with Gasteiger partial charge in [0, 0.05) is 6.07 Å². The van der Waals surface area contributed by atoms with E-state index in [1.165, 1.54) is 28.8 Å². The Bertz CT molecular complexity index is 926. The number of thiophene rings is 1. The highest BCUT2D eigenvalue weighted by atomic mass is 35.5. The molecule has 3 aromatic heterocycles. The number of hydrogen-bond acceptors (Lipinski definition) is 5. The Morgan fingerprint density at radius 3 is 2.77 bits per heavy atom. The molecule has 1 atom stereocenters. The van der Waals surface area contributed by atoms with Crippen molar-refractivity contribution in [2.45, 2.75) is 38.8 Å². The van der Waals surface area contributed by atoms with Gasteiger partial charge in [0.05, 0.1) is 22.3 Å². The summed E-state index contributed by atoms with van der Waals surface area (Å²) in [6.45, 7) is 3.33. The molecule has 1 unspecified atom stereocenters. The lowest BCUT2D eigenvalue weighted by Gasteiger charge is -2.23. The van der Waals surface area contributed by atoms with Crippen molar-refractivity contribution in [2.75, 3.05) is 5.32 Å². The second-order valence-electron chi connectivity index (χ2n) is 6.13. The van der Waals surface area contributed by atoms with Gasteiger partial charge in [0.2, 0.25) is 0 Å². The van der Waals surface area contributed by atoms with Crippen molar-refractivity contribution >= 4 is 45.7 Å². The van der Waals surface area contributed by atoms with Gasteiger partial charge in [0.25, 0.3) is 5.91 Å². The second kappa shape index (κ2) is 7.32. The SMILES string of the molecule is Cc1c(CCC(C)F)c(Cl)n2nc(Cl)cc(NC(O)(O)c3cccs3)c12. The highest BCUT2D eigenvalue weighted by Gasteiger charge is 2.29. The summed E-state index contributed by atoms with van der Waals surface area (Å²) < 4.78 is 14.7. The molecule has 0 saturated carbocycles. The molecule has 140 valence electrons. The lowest BCUT2D eigenvalue weighted by atomic mass is 10.1. The van der Waals surface area contributed by atoms with Crippen molar-refractivity contribution in [3.05, 3.63) is 49.9 Å². The van der Waals surface area contributed by atoms with Crippen LogP contribution < -0.4 is 5.32 Å². The molecule has 0 saturated heterocycles. The van der Waals surface area contributed by atoms with Gasteiger partial charge in [-0.3, -0.25) is 0 Å². The molecule has 26 heavy (non-hydrogen) atoms. The summed E-state index contributed by atoms with van der Waals surface area (Å²) in [6.07, 6.45) is -0.187. The quantitative estimate of drug-likeness (QED) is 0.516. The van der Waals surface area contributed by atoms with Crippen LogP contribution in [0.3, 0.4) is 0 Å². The first-order valence-corrected chi connectivity index (χ1v) is 9.61. The average molecular weight is 418 g/mol. The summed E-state index contributed by atoms with van der Waals surface area (Å²) in [4.78, 5) is 0.324. The van der Waals surface area contributed by atoms with Gasteiger partial charge in [-0.25, -0.2) is 8.91 Å². The fourth-order valence-electron chi connectivity index (χ4n) is 2.86. The summed E-state index contributed by atoms with van der Waals surface area (Å²) in [6, 6.07) is 4.81. The van der Waals surface area contributed by atoms with Crippen molar-refractivity contribution in [1.29, 1.82) is 0 Å². The zero-order chi connectivity index (χ0) is 19.1. The molecule has 3 aromatic rings. The minimum absolute atomic E-state index is 0.129. The molecule has 5 nitrogen and oxygen atoms in total. The molecule has 9 heteroatoms. The van der Waals surface area contributed by atoms with Crippen LogP contribution in [-0.4, -0.2) is 26.0 Å². The smallest absolute Gasteiger partial charge is 0.282 e. The van der Waals surface area contributed by atoms with Gasteiger partial charge in [-0.1, -0.05) is 29.3 Å². The van der Waals surface area contributed by atoms with E-state index in [0.29, 0.717) is 34.1 Å². The van der Waals surface area contributed by atoms with E-state index in [1.807, 2.05) is 6.92 Å². The van der Waals surface area contributed by atoms with Gasteiger partial charge >= 0.3 is 0 Å². The zero-order valence-electron chi connectivity index (χ0n) is 14.1. The van der Waals surface area contributed by atoms with Gasteiger partial charge in [-0.05, 0) is 49.3 Å². The third-order valence-corrected chi connectivity index (χ3v) is 5.68. The first-order valence-electron chi connectivity index (χ1n) is 7.98. The van der Waals surface area contributed by atoms with Crippen LogP contribution in [0.25, 0.3) is 5.52 Å². The van der Waals surface area contributed by atoms with Gasteiger partial charge < -0.3 is 15.5 Å². The maximum atomic E-state index is 13.3. The minimum Gasteiger partial charge on any atom is -0.344 e. The van der Waals surface area contributed by atoms with E-state index in [-0.39, 0.29) is 5.15 Å². The first kappa shape index (κ1) is 19.4. The summed E-state index contributed by atoms with van der Waals surface area (Å²) in [5.74, 6) is -2.28. The number of rotatable bonds is 6. The largest absolute Gasteiger partial charge is 0.344 e. The predicted molar refractivity (Wildman–Crippen MR) is 103 cm³/mol. The van der Waals surface area contributed by atoms with Crippen LogP contribution in [0, 0.1) is 6.92 Å². The van der Waals surface area contributed by atoms with E-state index in [9.17, 15) is 14.6 Å². The van der Waals surface area contributed by atoms with Gasteiger partial charge in [-0.15, -0.1) is 11.3 Å². The molecule has 0 bridgehead atoms. The van der Waals surface area contributed by atoms with E-state index < -0.39 is 12.1 Å². The van der Waals surface area contributed by atoms with Crippen LogP contribution in [0.5, 0.6) is 0 Å². The summed E-state index contributed by atoms with van der Waals surface area (Å²) in [7, 11) is 0. The number of halogens is 3. The number of fused-ring (bicyclic) bond motifs is 1.